The van der Waals surface area contributed by atoms with Crippen LogP contribution in [0.15, 0.2) is 0 Å². The van der Waals surface area contributed by atoms with E-state index in [-0.39, 0.29) is 0 Å². The van der Waals surface area contributed by atoms with Crippen molar-refractivity contribution in [2.75, 3.05) is 6.61 Å². The Morgan fingerprint density at radius 1 is 1.20 bits per heavy atom. The molecule has 0 bridgehead atoms. The highest BCUT2D eigenvalue weighted by atomic mass is 16.6. The lowest BCUT2D eigenvalue weighted by molar-refractivity contribution is 0.133. The molecule has 10 heavy (non-hydrogen) atoms. The zero-order valence-electron chi connectivity index (χ0n) is 6.31. The van der Waals surface area contributed by atoms with Crippen LogP contribution in [-0.4, -0.2) is 6.61 Å². The second kappa shape index (κ2) is 8.48. The highest BCUT2D eigenvalue weighted by Gasteiger charge is 1.87. The molecule has 2 N–H and O–H groups in total. The molecule has 0 heterocycles. The van der Waals surface area contributed by atoms with Gasteiger partial charge in [0.05, 0.1) is 6.61 Å². The molecular formula is C8H15NO. The first-order valence-electron chi connectivity index (χ1n) is 3.67. The van der Waals surface area contributed by atoms with Crippen LogP contribution in [-0.2, 0) is 4.84 Å². The van der Waals surface area contributed by atoms with Crippen molar-refractivity contribution in [3.05, 3.63) is 0 Å². The average Bonchev–Trinajstić information content (AvgIpc) is 1.97. The van der Waals surface area contributed by atoms with Gasteiger partial charge < -0.3 is 4.84 Å². The van der Waals surface area contributed by atoms with Gasteiger partial charge in [-0.15, -0.1) is 12.3 Å². The lowest BCUT2D eigenvalue weighted by Crippen LogP contribution is -2.00. The van der Waals surface area contributed by atoms with Gasteiger partial charge in [0.1, 0.15) is 0 Å². The van der Waals surface area contributed by atoms with E-state index in [9.17, 15) is 0 Å². The number of terminal acetylenes is 1. The van der Waals surface area contributed by atoms with Gasteiger partial charge in [-0.05, 0) is 12.8 Å². The molecule has 0 amide bonds. The third kappa shape index (κ3) is 7.48. The fraction of sp³-hybridized carbons (Fsp3) is 0.750. The lowest BCUT2D eigenvalue weighted by atomic mass is 10.1. The van der Waals surface area contributed by atoms with Crippen LogP contribution < -0.4 is 5.90 Å². The van der Waals surface area contributed by atoms with E-state index in [0.717, 1.165) is 19.3 Å². The van der Waals surface area contributed by atoms with Crippen LogP contribution in [0.25, 0.3) is 0 Å². The van der Waals surface area contributed by atoms with Crippen LogP contribution >= 0.6 is 0 Å². The van der Waals surface area contributed by atoms with E-state index in [4.69, 9.17) is 12.3 Å². The smallest absolute Gasteiger partial charge is 0.0679 e. The van der Waals surface area contributed by atoms with Crippen molar-refractivity contribution in [3.63, 3.8) is 0 Å². The van der Waals surface area contributed by atoms with Gasteiger partial charge in [-0.3, -0.25) is 0 Å². The predicted molar refractivity (Wildman–Crippen MR) is 42.1 cm³/mol. The minimum atomic E-state index is 0.663. The Bertz CT molecular complexity index is 95.9. The Morgan fingerprint density at radius 2 is 1.90 bits per heavy atom. The molecule has 58 valence electrons. The quantitative estimate of drug-likeness (QED) is 0.345. The third-order valence-electron chi connectivity index (χ3n) is 1.33. The number of nitrogens with two attached hydrogens (primary N) is 1. The summed E-state index contributed by atoms with van der Waals surface area (Å²) < 4.78 is 0. The van der Waals surface area contributed by atoms with Crippen LogP contribution in [0.5, 0.6) is 0 Å². The summed E-state index contributed by atoms with van der Waals surface area (Å²) >= 11 is 0. The van der Waals surface area contributed by atoms with Gasteiger partial charge >= 0.3 is 0 Å². The molecule has 0 aliphatic rings. The molecule has 2 heteroatoms. The van der Waals surface area contributed by atoms with E-state index in [1.54, 1.807) is 0 Å². The van der Waals surface area contributed by atoms with Gasteiger partial charge in [0, 0.05) is 6.42 Å². The van der Waals surface area contributed by atoms with Gasteiger partial charge in [0.2, 0.25) is 0 Å². The molecule has 0 saturated carbocycles. The molecule has 0 spiro atoms. The van der Waals surface area contributed by atoms with Gasteiger partial charge in [0.15, 0.2) is 0 Å². The molecule has 0 aromatic heterocycles. The lowest BCUT2D eigenvalue weighted by Gasteiger charge is -1.96. The molecule has 0 aliphatic carbocycles. The van der Waals surface area contributed by atoms with E-state index in [1.807, 2.05) is 0 Å². The van der Waals surface area contributed by atoms with Gasteiger partial charge in [0.25, 0.3) is 0 Å². The largest absolute Gasteiger partial charge is 0.305 e. The van der Waals surface area contributed by atoms with Gasteiger partial charge in [-0.1, -0.05) is 12.8 Å². The minimum absolute atomic E-state index is 0.663. The third-order valence-corrected chi connectivity index (χ3v) is 1.33. The van der Waals surface area contributed by atoms with E-state index in [1.165, 1.54) is 12.8 Å². The van der Waals surface area contributed by atoms with Crippen LogP contribution in [0.4, 0.5) is 0 Å². The standard InChI is InChI=1S/C8H15NO/c1-2-3-4-5-6-7-8-10-9/h1H,3-9H2. The maximum atomic E-state index is 5.07. The highest BCUT2D eigenvalue weighted by Crippen LogP contribution is 2.01. The van der Waals surface area contributed by atoms with Crippen LogP contribution in [0, 0.1) is 12.3 Å². The van der Waals surface area contributed by atoms with Crippen molar-refractivity contribution in [1.82, 2.24) is 0 Å². The van der Waals surface area contributed by atoms with E-state index >= 15 is 0 Å². The zero-order chi connectivity index (χ0) is 7.66. The van der Waals surface area contributed by atoms with Crippen molar-refractivity contribution in [2.45, 2.75) is 32.1 Å². The number of hydrogen-bond acceptors (Lipinski definition) is 2. The molecule has 0 aromatic carbocycles. The Labute approximate surface area is 62.7 Å². The Hall–Kier alpha value is -0.520. The zero-order valence-corrected chi connectivity index (χ0v) is 6.31. The Kier molecular flexibility index (Phi) is 8.04. The van der Waals surface area contributed by atoms with Crippen LogP contribution in [0.2, 0.25) is 0 Å². The van der Waals surface area contributed by atoms with Gasteiger partial charge in [-0.2, -0.15) is 0 Å². The SMILES string of the molecule is C#CCCCCCCON. The summed E-state index contributed by atoms with van der Waals surface area (Å²) in [5.41, 5.74) is 0. The van der Waals surface area contributed by atoms with Crippen molar-refractivity contribution >= 4 is 0 Å². The summed E-state index contributed by atoms with van der Waals surface area (Å²) in [5.74, 6) is 7.44. The summed E-state index contributed by atoms with van der Waals surface area (Å²) in [5, 5.41) is 0. The van der Waals surface area contributed by atoms with Crippen molar-refractivity contribution in [1.29, 1.82) is 0 Å². The maximum absolute atomic E-state index is 5.07. The predicted octanol–water partition coefficient (Wildman–Crippen LogP) is 1.46. The number of hydrogen-bond donors (Lipinski definition) is 1. The van der Waals surface area contributed by atoms with Crippen molar-refractivity contribution in [3.8, 4) is 12.3 Å². The minimum Gasteiger partial charge on any atom is -0.305 e. The monoisotopic (exact) mass is 141 g/mol. The summed E-state index contributed by atoms with van der Waals surface area (Å²) in [6, 6.07) is 0. The fourth-order valence-electron chi connectivity index (χ4n) is 0.766. The molecule has 0 aliphatic heterocycles. The first kappa shape index (κ1) is 9.48. The second-order valence-corrected chi connectivity index (χ2v) is 2.24. The number of rotatable bonds is 6. The van der Waals surface area contributed by atoms with E-state index in [0.29, 0.717) is 6.61 Å². The maximum Gasteiger partial charge on any atom is 0.0679 e. The van der Waals surface area contributed by atoms with Crippen LogP contribution in [0.1, 0.15) is 32.1 Å². The van der Waals surface area contributed by atoms with Crippen LogP contribution in [0.3, 0.4) is 0 Å². The average molecular weight is 141 g/mol. The molecule has 0 aromatic rings. The van der Waals surface area contributed by atoms with Gasteiger partial charge in [-0.25, -0.2) is 5.90 Å². The molecule has 2 nitrogen and oxygen atoms in total. The molecular weight excluding hydrogens is 126 g/mol. The summed E-state index contributed by atoms with van der Waals surface area (Å²) in [7, 11) is 0. The molecule has 0 unspecified atom stereocenters. The van der Waals surface area contributed by atoms with E-state index in [2.05, 4.69) is 10.8 Å². The van der Waals surface area contributed by atoms with Crippen molar-refractivity contribution < 1.29 is 4.84 Å². The molecule has 0 fully saturated rings. The summed E-state index contributed by atoms with van der Waals surface area (Å²) in [4.78, 5) is 4.41. The number of unbranched alkanes of at least 4 members (excludes halogenated alkanes) is 4. The molecule has 0 radical (unpaired) electrons. The highest BCUT2D eigenvalue weighted by molar-refractivity contribution is 4.82. The first-order chi connectivity index (χ1) is 4.91. The molecule has 0 saturated heterocycles. The fourth-order valence-corrected chi connectivity index (χ4v) is 0.766. The molecule has 0 atom stereocenters. The van der Waals surface area contributed by atoms with Crippen molar-refractivity contribution in [2.24, 2.45) is 5.90 Å². The summed E-state index contributed by atoms with van der Waals surface area (Å²) in [6.07, 6.45) is 10.5. The normalized spacial score (nSPS) is 9.20. The Balaban J connectivity index is 2.72. The topological polar surface area (TPSA) is 35.2 Å². The first-order valence-corrected chi connectivity index (χ1v) is 3.67. The summed E-state index contributed by atoms with van der Waals surface area (Å²) in [6.45, 7) is 0.663. The Morgan fingerprint density at radius 3 is 2.50 bits per heavy atom. The molecule has 0 rings (SSSR count). The van der Waals surface area contributed by atoms with E-state index < -0.39 is 0 Å². The second-order valence-electron chi connectivity index (χ2n) is 2.24.